The highest BCUT2D eigenvalue weighted by molar-refractivity contribution is 6.01. The Morgan fingerprint density at radius 1 is 1.09 bits per heavy atom. The molecule has 0 bridgehead atoms. The number of carboxylic acids is 1. The first-order valence-corrected chi connectivity index (χ1v) is 11.5. The molecule has 3 N–H and O–H groups in total. The molecule has 1 aromatic carbocycles. The van der Waals surface area contributed by atoms with Gasteiger partial charge in [-0.1, -0.05) is 0 Å². The highest BCUT2D eigenvalue weighted by Crippen LogP contribution is 2.29. The van der Waals surface area contributed by atoms with Crippen molar-refractivity contribution in [2.24, 2.45) is 11.8 Å². The maximum absolute atomic E-state index is 14.8. The van der Waals surface area contributed by atoms with Gasteiger partial charge in [-0.15, -0.1) is 0 Å². The van der Waals surface area contributed by atoms with Gasteiger partial charge < -0.3 is 20.2 Å². The van der Waals surface area contributed by atoms with E-state index in [0.717, 1.165) is 58.4 Å². The molecule has 1 aromatic rings. The van der Waals surface area contributed by atoms with Crippen LogP contribution in [0.5, 0.6) is 0 Å². The van der Waals surface area contributed by atoms with Crippen LogP contribution in [0.2, 0.25) is 0 Å². The van der Waals surface area contributed by atoms with Crippen molar-refractivity contribution in [1.29, 1.82) is 0 Å². The van der Waals surface area contributed by atoms with Crippen LogP contribution >= 0.6 is 0 Å². The molecule has 32 heavy (non-hydrogen) atoms. The second kappa shape index (κ2) is 9.85. The van der Waals surface area contributed by atoms with Crippen molar-refractivity contribution in [3.63, 3.8) is 0 Å². The first-order valence-electron chi connectivity index (χ1n) is 11.5. The lowest BCUT2D eigenvalue weighted by molar-refractivity contribution is -0.143. The Morgan fingerprint density at radius 3 is 2.44 bits per heavy atom. The van der Waals surface area contributed by atoms with Gasteiger partial charge in [-0.25, -0.2) is 4.39 Å². The van der Waals surface area contributed by atoms with Crippen LogP contribution in [0.1, 0.15) is 38.5 Å². The lowest BCUT2D eigenvalue weighted by atomic mass is 9.92. The van der Waals surface area contributed by atoms with E-state index in [-0.39, 0.29) is 30.0 Å². The average molecular weight is 447 g/mol. The van der Waals surface area contributed by atoms with E-state index in [0.29, 0.717) is 23.7 Å². The summed E-state index contributed by atoms with van der Waals surface area (Å²) in [4.78, 5) is 38.7. The van der Waals surface area contributed by atoms with Crippen LogP contribution in [0.15, 0.2) is 18.2 Å². The Labute approximate surface area is 187 Å². The van der Waals surface area contributed by atoms with Crippen LogP contribution in [0.4, 0.5) is 15.8 Å². The van der Waals surface area contributed by atoms with Gasteiger partial charge >= 0.3 is 5.97 Å². The molecular weight excluding hydrogens is 415 g/mol. The lowest BCUT2D eigenvalue weighted by Gasteiger charge is -2.38. The molecule has 0 spiro atoms. The quantitative estimate of drug-likeness (QED) is 0.575. The number of hydrogen-bond acceptors (Lipinski definition) is 6. The zero-order chi connectivity index (χ0) is 22.7. The number of nitrogens with zero attached hydrogens (tertiary/aromatic N) is 2. The van der Waals surface area contributed by atoms with Crippen LogP contribution in [-0.4, -0.2) is 66.6 Å². The number of nitrogens with one attached hydrogen (secondary N) is 2. The Hall–Kier alpha value is -2.68. The van der Waals surface area contributed by atoms with Crippen LogP contribution in [0, 0.1) is 17.7 Å². The number of carboxylic acid groups (broad SMARTS) is 1. The number of likely N-dealkylation sites (tertiary alicyclic amines) is 1. The summed E-state index contributed by atoms with van der Waals surface area (Å²) in [7, 11) is 0. The van der Waals surface area contributed by atoms with Gasteiger partial charge in [0.25, 0.3) is 0 Å². The second-order valence-electron chi connectivity index (χ2n) is 9.16. The summed E-state index contributed by atoms with van der Waals surface area (Å²) in [6, 6.07) is 4.41. The third kappa shape index (κ3) is 5.38. The summed E-state index contributed by atoms with van der Waals surface area (Å²) in [5.74, 6) is -1.31. The molecule has 3 aliphatic heterocycles. The molecule has 0 radical (unpaired) electrons. The van der Waals surface area contributed by atoms with Crippen molar-refractivity contribution >= 4 is 29.2 Å². The number of carbonyl (C=O) groups excluding carboxylic acids is 2. The number of rotatable bonds is 6. The van der Waals surface area contributed by atoms with E-state index in [1.807, 2.05) is 0 Å². The van der Waals surface area contributed by atoms with Gasteiger partial charge in [-0.2, -0.15) is 0 Å². The zero-order valence-corrected chi connectivity index (χ0v) is 18.2. The molecule has 9 heteroatoms. The van der Waals surface area contributed by atoms with Crippen LogP contribution in [-0.2, 0) is 14.4 Å². The molecule has 174 valence electrons. The van der Waals surface area contributed by atoms with E-state index in [2.05, 4.69) is 20.4 Å². The van der Waals surface area contributed by atoms with Gasteiger partial charge in [0.1, 0.15) is 11.9 Å². The molecule has 8 nitrogen and oxygen atoms in total. The molecule has 1 unspecified atom stereocenters. The van der Waals surface area contributed by atoms with E-state index in [9.17, 15) is 18.8 Å². The molecule has 0 aliphatic carbocycles. The summed E-state index contributed by atoms with van der Waals surface area (Å²) in [5, 5.41) is 14.5. The largest absolute Gasteiger partial charge is 0.481 e. The number of benzene rings is 1. The smallest absolute Gasteiger partial charge is 0.306 e. The minimum absolute atomic E-state index is 0.205. The van der Waals surface area contributed by atoms with Crippen LogP contribution in [0.3, 0.4) is 0 Å². The molecule has 0 aromatic heterocycles. The third-order valence-corrected chi connectivity index (χ3v) is 6.94. The SMILES string of the molecule is O=C1CCC(Nc2ccc(N3CCC(CN4CCC(C(=O)O)CC4)CC3)c(F)c2)C(=O)N1. The summed E-state index contributed by atoms with van der Waals surface area (Å²) >= 11 is 0. The molecule has 0 saturated carbocycles. The molecule has 3 aliphatic rings. The molecule has 1 atom stereocenters. The molecule has 3 fully saturated rings. The molecule has 4 rings (SSSR count). The van der Waals surface area contributed by atoms with Crippen LogP contribution in [0.25, 0.3) is 0 Å². The molecule has 3 heterocycles. The van der Waals surface area contributed by atoms with Crippen molar-refractivity contribution in [2.45, 2.75) is 44.6 Å². The van der Waals surface area contributed by atoms with Gasteiger partial charge in [0, 0.05) is 31.7 Å². The fraction of sp³-hybridized carbons (Fsp3) is 0.609. The minimum atomic E-state index is -0.682. The number of amides is 2. The van der Waals surface area contributed by atoms with Gasteiger partial charge in [0.05, 0.1) is 11.6 Å². The average Bonchev–Trinajstić information content (AvgIpc) is 2.77. The summed E-state index contributed by atoms with van der Waals surface area (Å²) in [6.45, 7) is 4.23. The van der Waals surface area contributed by atoms with Crippen molar-refractivity contribution in [1.82, 2.24) is 10.2 Å². The number of aliphatic carboxylic acids is 1. The van der Waals surface area contributed by atoms with E-state index >= 15 is 0 Å². The highest BCUT2D eigenvalue weighted by Gasteiger charge is 2.29. The number of anilines is 2. The van der Waals surface area contributed by atoms with E-state index in [4.69, 9.17) is 5.11 Å². The van der Waals surface area contributed by atoms with Crippen molar-refractivity contribution in [3.05, 3.63) is 24.0 Å². The predicted octanol–water partition coefficient (Wildman–Crippen LogP) is 2.06. The fourth-order valence-electron chi connectivity index (χ4n) is 4.97. The summed E-state index contributed by atoms with van der Waals surface area (Å²) in [6.07, 6.45) is 4.08. The van der Waals surface area contributed by atoms with Crippen molar-refractivity contribution in [3.8, 4) is 0 Å². The van der Waals surface area contributed by atoms with Crippen LogP contribution < -0.4 is 15.5 Å². The normalized spacial score (nSPS) is 23.8. The number of halogens is 1. The van der Waals surface area contributed by atoms with Gasteiger partial charge in [0.15, 0.2) is 0 Å². The van der Waals surface area contributed by atoms with E-state index in [1.54, 1.807) is 12.1 Å². The first kappa shape index (κ1) is 22.5. The van der Waals surface area contributed by atoms with Crippen molar-refractivity contribution in [2.75, 3.05) is 42.9 Å². The third-order valence-electron chi connectivity index (χ3n) is 6.94. The topological polar surface area (TPSA) is 102 Å². The van der Waals surface area contributed by atoms with Gasteiger partial charge in [-0.05, 0) is 69.3 Å². The minimum Gasteiger partial charge on any atom is -0.481 e. The molecule has 2 amide bonds. The summed E-state index contributed by atoms with van der Waals surface area (Å²) in [5.41, 5.74) is 1.10. The second-order valence-corrected chi connectivity index (χ2v) is 9.16. The van der Waals surface area contributed by atoms with E-state index < -0.39 is 12.0 Å². The Bertz CT molecular complexity index is 864. The Kier molecular flexibility index (Phi) is 6.93. The fourth-order valence-corrected chi connectivity index (χ4v) is 4.97. The molecular formula is C23H31FN4O4. The number of hydrogen-bond donors (Lipinski definition) is 3. The Balaban J connectivity index is 1.26. The maximum atomic E-state index is 14.8. The predicted molar refractivity (Wildman–Crippen MR) is 118 cm³/mol. The maximum Gasteiger partial charge on any atom is 0.306 e. The zero-order valence-electron chi connectivity index (χ0n) is 18.2. The summed E-state index contributed by atoms with van der Waals surface area (Å²) < 4.78 is 14.8. The highest BCUT2D eigenvalue weighted by atomic mass is 19.1. The molecule has 3 saturated heterocycles. The number of imide groups is 1. The van der Waals surface area contributed by atoms with Gasteiger partial charge in [0.2, 0.25) is 11.8 Å². The number of carbonyl (C=O) groups is 3. The monoisotopic (exact) mass is 446 g/mol. The first-order chi connectivity index (χ1) is 15.4. The Morgan fingerprint density at radius 2 is 1.81 bits per heavy atom. The van der Waals surface area contributed by atoms with Gasteiger partial charge in [-0.3, -0.25) is 19.7 Å². The van der Waals surface area contributed by atoms with E-state index in [1.165, 1.54) is 6.07 Å². The lowest BCUT2D eigenvalue weighted by Crippen LogP contribution is -2.47. The number of piperidine rings is 3. The van der Waals surface area contributed by atoms with Crippen molar-refractivity contribution < 1.29 is 23.9 Å². The standard InChI is InChI=1S/C23H31FN4O4/c24-18-13-17(25-19-2-4-21(29)26-22(19)30)1-3-20(18)28-11-5-15(6-12-28)14-27-9-7-16(8-10-27)23(31)32/h1,3,13,15-16,19,25H,2,4-12,14H2,(H,31,32)(H,26,29,30).